The van der Waals surface area contributed by atoms with Crippen LogP contribution in [0, 0.1) is 0 Å². The van der Waals surface area contributed by atoms with Gasteiger partial charge in [0.05, 0.1) is 18.2 Å². The lowest BCUT2D eigenvalue weighted by Crippen LogP contribution is -2.14. The Bertz CT molecular complexity index is 864. The largest absolute Gasteiger partial charge is 0.493 e. The van der Waals surface area contributed by atoms with E-state index in [4.69, 9.17) is 30.5 Å². The summed E-state index contributed by atoms with van der Waals surface area (Å²) in [5, 5.41) is 3.21. The van der Waals surface area contributed by atoms with E-state index in [2.05, 4.69) is 5.32 Å². The fourth-order valence-corrected chi connectivity index (χ4v) is 3.60. The second-order valence-corrected chi connectivity index (χ2v) is 6.94. The van der Waals surface area contributed by atoms with Crippen molar-refractivity contribution in [3.8, 4) is 23.0 Å². The first-order valence-electron chi connectivity index (χ1n) is 8.89. The minimum Gasteiger partial charge on any atom is -0.493 e. The van der Waals surface area contributed by atoms with E-state index in [0.29, 0.717) is 39.3 Å². The molecule has 0 atom stereocenters. The second-order valence-electron chi connectivity index (χ2n) is 6.54. The van der Waals surface area contributed by atoms with Crippen molar-refractivity contribution >= 4 is 23.2 Å². The molecular weight excluding hydrogens is 370 g/mol. The maximum atomic E-state index is 12.6. The molecule has 1 N–H and O–H groups in total. The maximum Gasteiger partial charge on any atom is 0.255 e. The smallest absolute Gasteiger partial charge is 0.255 e. The number of carbonyl (C=O) groups is 1. The molecule has 1 aliphatic carbocycles. The van der Waals surface area contributed by atoms with Crippen LogP contribution in [0.3, 0.4) is 0 Å². The number of rotatable bonds is 5. The summed E-state index contributed by atoms with van der Waals surface area (Å²) >= 11 is 6.16. The normalized spacial score (nSPS) is 15.6. The average Bonchev–Trinajstić information content (AvgIpc) is 3.33. The van der Waals surface area contributed by atoms with E-state index in [0.717, 1.165) is 12.8 Å². The third kappa shape index (κ3) is 3.76. The van der Waals surface area contributed by atoms with E-state index in [-0.39, 0.29) is 18.8 Å². The van der Waals surface area contributed by atoms with Crippen molar-refractivity contribution in [1.82, 2.24) is 0 Å². The average molecular weight is 390 g/mol. The Morgan fingerprint density at radius 2 is 1.96 bits per heavy atom. The predicted octanol–water partition coefficient (Wildman–Crippen LogP) is 4.65. The zero-order valence-electron chi connectivity index (χ0n) is 14.9. The monoisotopic (exact) mass is 389 g/mol. The molecule has 1 heterocycles. The minimum atomic E-state index is -0.299. The summed E-state index contributed by atoms with van der Waals surface area (Å²) in [4.78, 5) is 12.6. The van der Waals surface area contributed by atoms with Gasteiger partial charge in [0.25, 0.3) is 5.91 Å². The van der Waals surface area contributed by atoms with Gasteiger partial charge in [-0.15, -0.1) is 0 Å². The van der Waals surface area contributed by atoms with Crippen LogP contribution in [-0.4, -0.2) is 25.9 Å². The van der Waals surface area contributed by atoms with Gasteiger partial charge in [-0.3, -0.25) is 4.79 Å². The SMILES string of the molecule is COc1ccc(NC(=O)c2cc(Cl)c3c(c2)OCO3)cc1OC1CCCC1. The first-order valence-corrected chi connectivity index (χ1v) is 9.27. The van der Waals surface area contributed by atoms with Crippen molar-refractivity contribution in [2.45, 2.75) is 31.8 Å². The number of ether oxygens (including phenoxy) is 4. The third-order valence-corrected chi connectivity index (χ3v) is 4.99. The first-order chi connectivity index (χ1) is 13.1. The van der Waals surface area contributed by atoms with Crippen LogP contribution in [0.1, 0.15) is 36.0 Å². The molecule has 2 aromatic rings. The zero-order chi connectivity index (χ0) is 18.8. The molecule has 0 bridgehead atoms. The van der Waals surface area contributed by atoms with E-state index < -0.39 is 0 Å². The topological polar surface area (TPSA) is 66.0 Å². The maximum absolute atomic E-state index is 12.6. The number of halogens is 1. The van der Waals surface area contributed by atoms with E-state index in [1.54, 1.807) is 37.4 Å². The fourth-order valence-electron chi connectivity index (χ4n) is 3.33. The predicted molar refractivity (Wildman–Crippen MR) is 101 cm³/mol. The lowest BCUT2D eigenvalue weighted by atomic mass is 10.1. The lowest BCUT2D eigenvalue weighted by Gasteiger charge is -2.17. The fraction of sp³-hybridized carbons (Fsp3) is 0.350. The highest BCUT2D eigenvalue weighted by molar-refractivity contribution is 6.32. The second kappa shape index (κ2) is 7.56. The molecule has 0 unspecified atom stereocenters. The molecule has 1 amide bonds. The molecule has 0 radical (unpaired) electrons. The summed E-state index contributed by atoms with van der Waals surface area (Å²) in [6, 6.07) is 8.51. The molecule has 6 nitrogen and oxygen atoms in total. The Morgan fingerprint density at radius 1 is 1.15 bits per heavy atom. The van der Waals surface area contributed by atoms with Gasteiger partial charge in [-0.25, -0.2) is 0 Å². The van der Waals surface area contributed by atoms with Gasteiger partial charge in [-0.1, -0.05) is 11.6 Å². The number of nitrogens with one attached hydrogen (secondary N) is 1. The number of fused-ring (bicyclic) bond motifs is 1. The molecular formula is C20H20ClNO5. The third-order valence-electron chi connectivity index (χ3n) is 4.71. The van der Waals surface area contributed by atoms with Crippen LogP contribution in [0.4, 0.5) is 5.69 Å². The molecule has 1 fully saturated rings. The van der Waals surface area contributed by atoms with Gasteiger partial charge in [-0.2, -0.15) is 0 Å². The van der Waals surface area contributed by atoms with Crippen LogP contribution in [0.15, 0.2) is 30.3 Å². The quantitative estimate of drug-likeness (QED) is 0.806. The molecule has 0 spiro atoms. The molecule has 0 saturated heterocycles. The Morgan fingerprint density at radius 3 is 2.74 bits per heavy atom. The number of anilines is 1. The first kappa shape index (κ1) is 17.8. The highest BCUT2D eigenvalue weighted by Crippen LogP contribution is 2.40. The zero-order valence-corrected chi connectivity index (χ0v) is 15.7. The molecule has 1 aliphatic heterocycles. The molecule has 27 heavy (non-hydrogen) atoms. The van der Waals surface area contributed by atoms with Crippen LogP contribution >= 0.6 is 11.6 Å². The summed E-state index contributed by atoms with van der Waals surface area (Å²) < 4.78 is 22.0. The van der Waals surface area contributed by atoms with Gasteiger partial charge in [0.2, 0.25) is 6.79 Å². The number of carbonyl (C=O) groups excluding carboxylic acids is 1. The summed E-state index contributed by atoms with van der Waals surface area (Å²) in [7, 11) is 1.60. The molecule has 1 saturated carbocycles. The van der Waals surface area contributed by atoms with Crippen LogP contribution in [0.5, 0.6) is 23.0 Å². The van der Waals surface area contributed by atoms with Gasteiger partial charge < -0.3 is 24.3 Å². The van der Waals surface area contributed by atoms with Crippen molar-refractivity contribution in [2.75, 3.05) is 19.2 Å². The Kier molecular flexibility index (Phi) is 4.99. The van der Waals surface area contributed by atoms with E-state index in [1.165, 1.54) is 12.8 Å². The summed E-state index contributed by atoms with van der Waals surface area (Å²) in [6.07, 6.45) is 4.62. The van der Waals surface area contributed by atoms with Crippen LogP contribution in [0.25, 0.3) is 0 Å². The molecule has 2 aromatic carbocycles. The number of amides is 1. The Hall–Kier alpha value is -2.60. The number of methoxy groups -OCH3 is 1. The summed E-state index contributed by atoms with van der Waals surface area (Å²) in [5.74, 6) is 1.90. The van der Waals surface area contributed by atoms with Gasteiger partial charge in [-0.05, 0) is 49.9 Å². The van der Waals surface area contributed by atoms with Crippen molar-refractivity contribution < 1.29 is 23.7 Å². The standard InChI is InChI=1S/C20H20ClNO5/c1-24-16-7-6-13(10-17(16)27-14-4-2-3-5-14)22-20(23)12-8-15(21)19-18(9-12)25-11-26-19/h6-10,14H,2-5,11H2,1H3,(H,22,23). The van der Waals surface area contributed by atoms with Gasteiger partial charge in [0, 0.05) is 17.3 Å². The summed E-state index contributed by atoms with van der Waals surface area (Å²) in [5.41, 5.74) is 1.00. The van der Waals surface area contributed by atoms with Crippen LogP contribution in [-0.2, 0) is 0 Å². The number of hydrogen-bond donors (Lipinski definition) is 1. The minimum absolute atomic E-state index is 0.0977. The van der Waals surface area contributed by atoms with E-state index >= 15 is 0 Å². The molecule has 2 aliphatic rings. The molecule has 4 rings (SSSR count). The molecule has 0 aromatic heterocycles. The Balaban J connectivity index is 1.53. The van der Waals surface area contributed by atoms with Crippen LogP contribution < -0.4 is 24.3 Å². The highest BCUT2D eigenvalue weighted by Gasteiger charge is 2.22. The van der Waals surface area contributed by atoms with E-state index in [9.17, 15) is 4.79 Å². The molecule has 142 valence electrons. The Labute approximate surface area is 162 Å². The van der Waals surface area contributed by atoms with Crippen LogP contribution in [0.2, 0.25) is 5.02 Å². The number of benzene rings is 2. The van der Waals surface area contributed by atoms with Gasteiger partial charge in [0.15, 0.2) is 23.0 Å². The van der Waals surface area contributed by atoms with Crippen molar-refractivity contribution in [3.63, 3.8) is 0 Å². The van der Waals surface area contributed by atoms with E-state index in [1.807, 2.05) is 0 Å². The number of hydrogen-bond acceptors (Lipinski definition) is 5. The van der Waals surface area contributed by atoms with Crippen molar-refractivity contribution in [1.29, 1.82) is 0 Å². The lowest BCUT2D eigenvalue weighted by molar-refractivity contribution is 0.102. The van der Waals surface area contributed by atoms with Crippen molar-refractivity contribution in [3.05, 3.63) is 40.9 Å². The molecule has 7 heteroatoms. The van der Waals surface area contributed by atoms with Gasteiger partial charge in [0.1, 0.15) is 0 Å². The highest BCUT2D eigenvalue weighted by atomic mass is 35.5. The van der Waals surface area contributed by atoms with Crippen molar-refractivity contribution in [2.24, 2.45) is 0 Å². The summed E-state index contributed by atoms with van der Waals surface area (Å²) in [6.45, 7) is 0.0977. The van der Waals surface area contributed by atoms with Gasteiger partial charge >= 0.3 is 0 Å².